The van der Waals surface area contributed by atoms with Crippen molar-refractivity contribution in [2.75, 3.05) is 4.90 Å². The van der Waals surface area contributed by atoms with Gasteiger partial charge in [0.05, 0.1) is 5.41 Å². The fraction of sp³-hybridized carbons (Fsp3) is 0.286. The Kier molecular flexibility index (Phi) is 4.60. The van der Waals surface area contributed by atoms with E-state index in [1.165, 1.54) is 17.1 Å². The molecule has 0 radical (unpaired) electrons. The molecule has 2 aliphatic rings. The quantitative estimate of drug-likeness (QED) is 0.796. The van der Waals surface area contributed by atoms with E-state index in [0.717, 1.165) is 0 Å². The number of ketones is 1. The Balaban J connectivity index is 2.15. The van der Waals surface area contributed by atoms with Gasteiger partial charge in [-0.15, -0.1) is 0 Å². The number of nitrogens with one attached hydrogen (secondary N) is 1. The van der Waals surface area contributed by atoms with E-state index in [-0.39, 0.29) is 23.2 Å². The molecule has 0 bridgehead atoms. The van der Waals surface area contributed by atoms with Crippen LogP contribution in [0.2, 0.25) is 5.02 Å². The van der Waals surface area contributed by atoms with Gasteiger partial charge in [-0.25, -0.2) is 0 Å². The van der Waals surface area contributed by atoms with Gasteiger partial charge in [-0.05, 0) is 57.2 Å². The molecular formula is C21H21ClN2O3. The molecule has 2 amide bonds. The van der Waals surface area contributed by atoms with Gasteiger partial charge in [-0.3, -0.25) is 19.3 Å². The van der Waals surface area contributed by atoms with Gasteiger partial charge in [0.25, 0.3) is 5.91 Å². The number of amides is 2. The highest BCUT2D eigenvalue weighted by molar-refractivity contribution is 6.30. The van der Waals surface area contributed by atoms with Crippen LogP contribution in [0.15, 0.2) is 60.7 Å². The van der Waals surface area contributed by atoms with Gasteiger partial charge >= 0.3 is 0 Å². The minimum atomic E-state index is -1.08. The topological polar surface area (TPSA) is 66.5 Å². The first-order valence-electron chi connectivity index (χ1n) is 8.58. The zero-order valence-electron chi connectivity index (χ0n) is 15.5. The number of nitrogens with zero attached hydrogens (tertiary/aromatic N) is 1. The van der Waals surface area contributed by atoms with Crippen molar-refractivity contribution in [3.63, 3.8) is 0 Å². The van der Waals surface area contributed by atoms with E-state index in [4.69, 9.17) is 11.6 Å². The molecule has 1 aromatic rings. The maximum Gasteiger partial charge on any atom is 0.255 e. The van der Waals surface area contributed by atoms with Crippen LogP contribution in [0.5, 0.6) is 0 Å². The number of halogens is 1. The first-order valence-corrected chi connectivity index (χ1v) is 8.96. The van der Waals surface area contributed by atoms with Crippen molar-refractivity contribution in [2.45, 2.75) is 32.4 Å². The largest absolute Gasteiger partial charge is 0.350 e. The lowest BCUT2D eigenvalue weighted by atomic mass is 9.74. The summed E-state index contributed by atoms with van der Waals surface area (Å²) < 4.78 is 0. The molecule has 1 spiro atoms. The molecular weight excluding hydrogens is 364 g/mol. The van der Waals surface area contributed by atoms with Crippen molar-refractivity contribution in [3.05, 3.63) is 65.7 Å². The van der Waals surface area contributed by atoms with Crippen LogP contribution in [-0.2, 0) is 14.4 Å². The lowest BCUT2D eigenvalue weighted by Gasteiger charge is -2.35. The molecule has 140 valence electrons. The van der Waals surface area contributed by atoms with Crippen LogP contribution in [0.4, 0.5) is 5.69 Å². The van der Waals surface area contributed by atoms with E-state index >= 15 is 0 Å². The molecule has 1 N–H and O–H groups in total. The van der Waals surface area contributed by atoms with E-state index in [1.807, 2.05) is 20.8 Å². The van der Waals surface area contributed by atoms with Gasteiger partial charge in [0.15, 0.2) is 5.78 Å². The highest BCUT2D eigenvalue weighted by atomic mass is 35.5. The summed E-state index contributed by atoms with van der Waals surface area (Å²) in [6.07, 6.45) is 5.94. The number of carbonyl (C=O) groups is 3. The zero-order valence-corrected chi connectivity index (χ0v) is 16.2. The average Bonchev–Trinajstić information content (AvgIpc) is 2.79. The molecule has 1 aliphatic heterocycles. The minimum absolute atomic E-state index is 0.194. The molecule has 3 rings (SSSR count). The summed E-state index contributed by atoms with van der Waals surface area (Å²) in [4.78, 5) is 39.4. The number of anilines is 1. The molecule has 0 unspecified atom stereocenters. The Bertz CT molecular complexity index is 875. The summed E-state index contributed by atoms with van der Waals surface area (Å²) in [5, 5.41) is 3.47. The second-order valence-electron chi connectivity index (χ2n) is 7.77. The van der Waals surface area contributed by atoms with Gasteiger partial charge in [-0.1, -0.05) is 30.3 Å². The Morgan fingerprint density at radius 1 is 1.15 bits per heavy atom. The summed E-state index contributed by atoms with van der Waals surface area (Å²) >= 11 is 5.97. The number of carbonyl (C=O) groups excluding carboxylic acids is 3. The van der Waals surface area contributed by atoms with Crippen molar-refractivity contribution >= 4 is 34.9 Å². The second-order valence-corrected chi connectivity index (χ2v) is 8.21. The smallest absolute Gasteiger partial charge is 0.255 e. The molecule has 1 aliphatic carbocycles. The maximum atomic E-state index is 13.2. The van der Waals surface area contributed by atoms with Crippen molar-refractivity contribution in [3.8, 4) is 0 Å². The van der Waals surface area contributed by atoms with E-state index in [9.17, 15) is 14.4 Å². The molecule has 6 heteroatoms. The van der Waals surface area contributed by atoms with Crippen molar-refractivity contribution in [1.82, 2.24) is 5.32 Å². The van der Waals surface area contributed by atoms with Gasteiger partial charge in [0.1, 0.15) is 6.04 Å². The number of rotatable bonds is 2. The monoisotopic (exact) mass is 384 g/mol. The Hall–Kier alpha value is -2.66. The van der Waals surface area contributed by atoms with E-state index in [2.05, 4.69) is 11.9 Å². The summed E-state index contributed by atoms with van der Waals surface area (Å²) in [5.74, 6) is -0.885. The van der Waals surface area contributed by atoms with Crippen LogP contribution in [0.3, 0.4) is 0 Å². The molecule has 0 aromatic heterocycles. The van der Waals surface area contributed by atoms with Gasteiger partial charge in [0.2, 0.25) is 5.91 Å². The van der Waals surface area contributed by atoms with Crippen molar-refractivity contribution in [1.29, 1.82) is 0 Å². The first kappa shape index (κ1) is 19.1. The van der Waals surface area contributed by atoms with Crippen LogP contribution in [0, 0.1) is 5.41 Å². The minimum Gasteiger partial charge on any atom is -0.350 e. The molecule has 1 saturated heterocycles. The SMILES string of the molecule is C=C1C(=O)N(c2ccc(Cl)cc2)[C@@H](C(=O)NC(C)(C)C)C12C=CC(=O)C=C2. The summed E-state index contributed by atoms with van der Waals surface area (Å²) in [5.41, 5.74) is -0.795. The van der Waals surface area contributed by atoms with Crippen molar-refractivity contribution < 1.29 is 14.4 Å². The molecule has 5 nitrogen and oxygen atoms in total. The number of hydrogen-bond acceptors (Lipinski definition) is 3. The predicted octanol–water partition coefficient (Wildman–Crippen LogP) is 3.21. The Labute approximate surface area is 163 Å². The molecule has 1 heterocycles. The van der Waals surface area contributed by atoms with Crippen LogP contribution in [0.1, 0.15) is 20.8 Å². The summed E-state index contributed by atoms with van der Waals surface area (Å²) in [6.45, 7) is 9.55. The number of allylic oxidation sites excluding steroid dienone is 2. The second kappa shape index (κ2) is 6.50. The maximum absolute atomic E-state index is 13.2. The highest BCUT2D eigenvalue weighted by Gasteiger charge is 2.56. The van der Waals surface area contributed by atoms with Crippen LogP contribution in [-0.4, -0.2) is 29.2 Å². The molecule has 27 heavy (non-hydrogen) atoms. The van der Waals surface area contributed by atoms with Gasteiger partial charge in [0, 0.05) is 21.8 Å². The van der Waals surface area contributed by atoms with Crippen LogP contribution in [0.25, 0.3) is 0 Å². The normalized spacial score (nSPS) is 21.3. The van der Waals surface area contributed by atoms with Crippen LogP contribution < -0.4 is 10.2 Å². The number of hydrogen-bond donors (Lipinski definition) is 1. The first-order chi connectivity index (χ1) is 12.5. The van der Waals surface area contributed by atoms with E-state index in [1.54, 1.807) is 36.4 Å². The fourth-order valence-electron chi connectivity index (χ4n) is 3.40. The van der Waals surface area contributed by atoms with Crippen LogP contribution >= 0.6 is 11.6 Å². The van der Waals surface area contributed by atoms with E-state index in [0.29, 0.717) is 10.7 Å². The molecule has 1 atom stereocenters. The van der Waals surface area contributed by atoms with Crippen molar-refractivity contribution in [2.24, 2.45) is 5.41 Å². The standard InChI is InChI=1S/C21H21ClN2O3/c1-13-19(27)24(15-7-5-14(22)6-8-15)17(18(26)23-20(2,3)4)21(13)11-9-16(25)10-12-21/h5-12,17H,1H2,2-4H3,(H,23,26)/t17-/m0/s1. The summed E-state index contributed by atoms with van der Waals surface area (Å²) in [7, 11) is 0. The summed E-state index contributed by atoms with van der Waals surface area (Å²) in [6, 6.07) is 5.79. The average molecular weight is 385 g/mol. The molecule has 0 saturated carbocycles. The predicted molar refractivity (Wildman–Crippen MR) is 105 cm³/mol. The molecule has 1 fully saturated rings. The van der Waals surface area contributed by atoms with Gasteiger partial charge < -0.3 is 5.32 Å². The van der Waals surface area contributed by atoms with E-state index < -0.39 is 17.0 Å². The molecule has 1 aromatic carbocycles. The fourth-order valence-corrected chi connectivity index (χ4v) is 3.53. The Morgan fingerprint density at radius 2 is 1.70 bits per heavy atom. The highest BCUT2D eigenvalue weighted by Crippen LogP contribution is 2.47. The zero-order chi connectivity index (χ0) is 20.0. The number of benzene rings is 1. The third-order valence-electron chi connectivity index (χ3n) is 4.61. The Morgan fingerprint density at radius 3 is 2.22 bits per heavy atom. The third kappa shape index (κ3) is 3.35. The lowest BCUT2D eigenvalue weighted by Crippen LogP contribution is -2.55. The van der Waals surface area contributed by atoms with Gasteiger partial charge in [-0.2, -0.15) is 0 Å². The lowest BCUT2D eigenvalue weighted by molar-refractivity contribution is -0.125. The third-order valence-corrected chi connectivity index (χ3v) is 4.86.